The van der Waals surface area contributed by atoms with Crippen LogP contribution in [0.4, 0.5) is 0 Å². The van der Waals surface area contributed by atoms with Crippen LogP contribution in [-0.2, 0) is 4.74 Å². The summed E-state index contributed by atoms with van der Waals surface area (Å²) in [5.41, 5.74) is 0.338. The number of nitriles is 2. The third-order valence-corrected chi connectivity index (χ3v) is 3.15. The lowest BCUT2D eigenvalue weighted by Crippen LogP contribution is -2.15. The molecule has 0 aliphatic carbocycles. The number of nitrogens with zero attached hydrogens (tertiary/aromatic N) is 6. The van der Waals surface area contributed by atoms with Crippen LogP contribution in [0.3, 0.4) is 0 Å². The molecule has 2 rings (SSSR count). The molecule has 0 aromatic carbocycles. The van der Waals surface area contributed by atoms with Crippen molar-refractivity contribution in [3.05, 3.63) is 35.9 Å². The number of carbonyl (C=O) groups is 2. The molecule has 2 aromatic rings. The van der Waals surface area contributed by atoms with Crippen molar-refractivity contribution < 1.29 is 19.4 Å². The Bertz CT molecular complexity index is 842. The van der Waals surface area contributed by atoms with E-state index in [-0.39, 0.29) is 5.69 Å². The molecule has 1 N–H and O–H groups in total. The maximum absolute atomic E-state index is 11.4. The predicted octanol–water partition coefficient (Wildman–Crippen LogP) is 1.81. The van der Waals surface area contributed by atoms with Gasteiger partial charge in [-0.1, -0.05) is 0 Å². The number of esters is 1. The molecule has 10 heteroatoms. The van der Waals surface area contributed by atoms with Crippen molar-refractivity contribution in [2.24, 2.45) is 0 Å². The van der Waals surface area contributed by atoms with Gasteiger partial charge in [0.1, 0.15) is 23.5 Å². The van der Waals surface area contributed by atoms with E-state index in [2.05, 4.69) is 10.2 Å². The number of carboxylic acids is 1. The second kappa shape index (κ2) is 9.59. The first-order valence-electron chi connectivity index (χ1n) is 7.64. The molecule has 0 saturated heterocycles. The molecule has 2 aromatic heterocycles. The Balaban J connectivity index is 0.000000263. The van der Waals surface area contributed by atoms with Gasteiger partial charge in [-0.2, -0.15) is 20.7 Å². The van der Waals surface area contributed by atoms with Crippen LogP contribution in [0.15, 0.2) is 24.5 Å². The molecule has 0 amide bonds. The average molecular weight is 358 g/mol. The molecule has 0 aliphatic rings. The maximum atomic E-state index is 11.4. The summed E-state index contributed by atoms with van der Waals surface area (Å²) in [6.45, 7) is 5.28. The van der Waals surface area contributed by atoms with E-state index < -0.39 is 24.0 Å². The molecule has 2 atom stereocenters. The minimum Gasteiger partial charge on any atom is -0.477 e. The zero-order valence-corrected chi connectivity index (χ0v) is 14.5. The first kappa shape index (κ1) is 20.4. The summed E-state index contributed by atoms with van der Waals surface area (Å²) in [5, 5.41) is 33.4. The fourth-order valence-electron chi connectivity index (χ4n) is 1.89. The highest BCUT2D eigenvalue weighted by Gasteiger charge is 2.16. The van der Waals surface area contributed by atoms with Gasteiger partial charge in [-0.3, -0.25) is 0 Å². The fourth-order valence-corrected chi connectivity index (χ4v) is 1.89. The maximum Gasteiger partial charge on any atom is 0.356 e. The number of carboxylic acid groups (broad SMARTS) is 1. The Morgan fingerprint density at radius 3 is 2.00 bits per heavy atom. The Hall–Kier alpha value is -3.66. The largest absolute Gasteiger partial charge is 0.477 e. The van der Waals surface area contributed by atoms with E-state index in [4.69, 9.17) is 20.4 Å². The highest BCUT2D eigenvalue weighted by molar-refractivity contribution is 5.87. The summed E-state index contributed by atoms with van der Waals surface area (Å²) in [4.78, 5) is 21.9. The van der Waals surface area contributed by atoms with Gasteiger partial charge < -0.3 is 9.84 Å². The first-order chi connectivity index (χ1) is 12.4. The van der Waals surface area contributed by atoms with Gasteiger partial charge in [-0.25, -0.2) is 19.0 Å². The number of hydrogen-bond donors (Lipinski definition) is 1. The average Bonchev–Trinajstić information content (AvgIpc) is 3.30. The van der Waals surface area contributed by atoms with E-state index >= 15 is 0 Å². The molecule has 0 bridgehead atoms. The van der Waals surface area contributed by atoms with E-state index in [0.29, 0.717) is 12.3 Å². The monoisotopic (exact) mass is 358 g/mol. The molecule has 0 saturated carbocycles. The Morgan fingerprint density at radius 2 is 1.58 bits per heavy atom. The van der Waals surface area contributed by atoms with Crippen molar-refractivity contribution in [2.75, 3.05) is 6.61 Å². The molecule has 26 heavy (non-hydrogen) atoms. The second-order valence-electron chi connectivity index (χ2n) is 4.96. The molecule has 0 radical (unpaired) electrons. The highest BCUT2D eigenvalue weighted by atomic mass is 16.5. The van der Waals surface area contributed by atoms with Crippen LogP contribution in [0, 0.1) is 22.7 Å². The molecule has 0 fully saturated rings. The van der Waals surface area contributed by atoms with Crippen LogP contribution in [0.25, 0.3) is 0 Å². The van der Waals surface area contributed by atoms with Crippen molar-refractivity contribution in [3.8, 4) is 12.1 Å². The quantitative estimate of drug-likeness (QED) is 0.796. The number of rotatable bonds is 5. The summed E-state index contributed by atoms with van der Waals surface area (Å²) in [7, 11) is 0. The van der Waals surface area contributed by atoms with E-state index in [1.54, 1.807) is 20.8 Å². The molecular weight excluding hydrogens is 340 g/mol. The highest BCUT2D eigenvalue weighted by Crippen LogP contribution is 2.09. The lowest BCUT2D eigenvalue weighted by atomic mass is 10.3. The van der Waals surface area contributed by atoms with E-state index in [1.807, 2.05) is 12.1 Å². The molecule has 0 spiro atoms. The third-order valence-electron chi connectivity index (χ3n) is 3.15. The summed E-state index contributed by atoms with van der Waals surface area (Å²) < 4.78 is 7.33. The van der Waals surface area contributed by atoms with Crippen LogP contribution < -0.4 is 0 Å². The van der Waals surface area contributed by atoms with Crippen LogP contribution >= 0.6 is 0 Å². The molecule has 2 heterocycles. The van der Waals surface area contributed by atoms with Gasteiger partial charge in [0, 0.05) is 12.4 Å². The van der Waals surface area contributed by atoms with Crippen molar-refractivity contribution in [1.29, 1.82) is 10.5 Å². The normalized spacial score (nSPS) is 11.9. The first-order valence-corrected chi connectivity index (χ1v) is 7.64. The van der Waals surface area contributed by atoms with Crippen molar-refractivity contribution in [1.82, 2.24) is 19.6 Å². The van der Waals surface area contributed by atoms with Crippen LogP contribution in [0.2, 0.25) is 0 Å². The van der Waals surface area contributed by atoms with Crippen LogP contribution in [0.5, 0.6) is 0 Å². The number of carbonyl (C=O) groups excluding carboxylic acids is 1. The summed E-state index contributed by atoms with van der Waals surface area (Å²) in [6, 6.07) is 5.77. The smallest absolute Gasteiger partial charge is 0.356 e. The lowest BCUT2D eigenvalue weighted by Gasteiger charge is -2.07. The second-order valence-corrected chi connectivity index (χ2v) is 4.96. The van der Waals surface area contributed by atoms with Crippen LogP contribution in [0.1, 0.15) is 53.8 Å². The standard InChI is InChI=1S/C9H11N3O2.C7H7N3O2/c1-3-14-9(13)8-4-5-11-12(8)7(2)6-10;1-5(4-8)10-6(7(11)12)2-3-9-10/h4-5,7H,3H2,1-2H3;2-3,5H,1H3,(H,11,12). The predicted molar refractivity (Wildman–Crippen MR) is 88.0 cm³/mol. The van der Waals surface area contributed by atoms with Gasteiger partial charge in [-0.05, 0) is 32.9 Å². The number of aromatic nitrogens is 4. The van der Waals surface area contributed by atoms with Crippen LogP contribution in [-0.4, -0.2) is 43.2 Å². The Labute approximate surface area is 149 Å². The van der Waals surface area contributed by atoms with E-state index in [0.717, 1.165) is 0 Å². The summed E-state index contributed by atoms with van der Waals surface area (Å²) >= 11 is 0. The van der Waals surface area contributed by atoms with Gasteiger partial charge in [0.25, 0.3) is 0 Å². The fraction of sp³-hybridized carbons (Fsp3) is 0.375. The van der Waals surface area contributed by atoms with Gasteiger partial charge in [0.15, 0.2) is 0 Å². The zero-order valence-electron chi connectivity index (χ0n) is 14.5. The Kier molecular flexibility index (Phi) is 7.52. The summed E-state index contributed by atoms with van der Waals surface area (Å²) in [6.07, 6.45) is 2.83. The van der Waals surface area contributed by atoms with Gasteiger partial charge in [0.2, 0.25) is 0 Å². The van der Waals surface area contributed by atoms with Gasteiger partial charge in [-0.15, -0.1) is 0 Å². The SMILES string of the molecule is CC(C#N)n1nccc1C(=O)O.CCOC(=O)c1ccnn1C(C)C#N. The number of hydrogen-bond acceptors (Lipinski definition) is 7. The van der Waals surface area contributed by atoms with Crippen molar-refractivity contribution in [3.63, 3.8) is 0 Å². The minimum absolute atomic E-state index is 0.0315. The molecule has 2 unspecified atom stereocenters. The van der Waals surface area contributed by atoms with Gasteiger partial charge in [0.05, 0.1) is 18.7 Å². The zero-order chi connectivity index (χ0) is 19.7. The van der Waals surface area contributed by atoms with Crippen molar-refractivity contribution in [2.45, 2.75) is 32.9 Å². The lowest BCUT2D eigenvalue weighted by molar-refractivity contribution is 0.0510. The topological polar surface area (TPSA) is 147 Å². The van der Waals surface area contributed by atoms with Gasteiger partial charge >= 0.3 is 11.9 Å². The Morgan fingerprint density at radius 1 is 1.12 bits per heavy atom. The molecule has 0 aliphatic heterocycles. The molecular formula is C16H18N6O4. The van der Waals surface area contributed by atoms with Crippen molar-refractivity contribution >= 4 is 11.9 Å². The van der Waals surface area contributed by atoms with E-state index in [1.165, 1.54) is 33.9 Å². The molecule has 136 valence electrons. The number of ether oxygens (including phenoxy) is 1. The minimum atomic E-state index is -1.07. The van der Waals surface area contributed by atoms with E-state index in [9.17, 15) is 9.59 Å². The molecule has 10 nitrogen and oxygen atoms in total. The summed E-state index contributed by atoms with van der Waals surface area (Å²) in [5.74, 6) is -1.53. The number of aromatic carboxylic acids is 1. The third kappa shape index (κ3) is 4.92.